The zero-order valence-corrected chi connectivity index (χ0v) is 33.4. The molecular weight excluding hydrogens is 735 g/mol. The van der Waals surface area contributed by atoms with Crippen molar-refractivity contribution in [3.8, 4) is 5.75 Å². The number of aromatic nitrogens is 1. The Labute approximate surface area is 329 Å². The predicted molar refractivity (Wildman–Crippen MR) is 209 cm³/mol. The molecule has 1 saturated heterocycles. The number of nitrogens with zero attached hydrogens (tertiary/aromatic N) is 2. The lowest BCUT2D eigenvalue weighted by Crippen LogP contribution is -2.70. The summed E-state index contributed by atoms with van der Waals surface area (Å²) in [6, 6.07) is 5.91. The average molecular weight is 790 g/mol. The first-order valence-electron chi connectivity index (χ1n) is 20.7. The van der Waals surface area contributed by atoms with Crippen LogP contribution in [0.2, 0.25) is 0 Å². The van der Waals surface area contributed by atoms with Gasteiger partial charge >= 0.3 is 6.09 Å². The van der Waals surface area contributed by atoms with E-state index in [1.54, 1.807) is 6.92 Å². The molecule has 8 rings (SSSR count). The van der Waals surface area contributed by atoms with Crippen molar-refractivity contribution in [2.75, 3.05) is 6.54 Å². The molecular formula is C42H55N5O8S. The van der Waals surface area contributed by atoms with Crippen molar-refractivity contribution < 1.29 is 37.1 Å². The fraction of sp³-hybridized carbons (Fsp3) is 0.643. The van der Waals surface area contributed by atoms with Crippen LogP contribution in [0.5, 0.6) is 5.75 Å². The number of rotatable bonds is 5. The Morgan fingerprint density at radius 3 is 2.48 bits per heavy atom. The molecule has 3 saturated carbocycles. The van der Waals surface area contributed by atoms with Gasteiger partial charge in [0.05, 0.1) is 22.5 Å². The van der Waals surface area contributed by atoms with Crippen LogP contribution in [0.4, 0.5) is 4.79 Å². The molecule has 0 bridgehead atoms. The third kappa shape index (κ3) is 7.26. The first-order chi connectivity index (χ1) is 26.8. The summed E-state index contributed by atoms with van der Waals surface area (Å²) in [5.74, 6) is -1.50. The molecule has 1 spiro atoms. The van der Waals surface area contributed by atoms with Crippen molar-refractivity contribution in [3.63, 3.8) is 0 Å². The van der Waals surface area contributed by atoms with E-state index in [1.165, 1.54) is 4.90 Å². The van der Waals surface area contributed by atoms with Crippen LogP contribution in [0.15, 0.2) is 36.4 Å². The summed E-state index contributed by atoms with van der Waals surface area (Å²) in [4.78, 5) is 63.5. The number of carbonyl (C=O) groups excluding carboxylic acids is 4. The van der Waals surface area contributed by atoms with Gasteiger partial charge in [0.15, 0.2) is 0 Å². The second-order valence-electron chi connectivity index (χ2n) is 17.4. The minimum absolute atomic E-state index is 0.0841. The van der Waals surface area contributed by atoms with Gasteiger partial charge in [0, 0.05) is 23.3 Å². The average Bonchev–Trinajstić information content (AvgIpc) is 3.84. The number of ether oxygens (including phenoxy) is 2. The molecule has 3 aliphatic heterocycles. The molecule has 4 fully saturated rings. The van der Waals surface area contributed by atoms with E-state index in [9.17, 15) is 27.6 Å². The number of amides is 4. The number of nitrogens with one attached hydrogen (secondary N) is 3. The highest BCUT2D eigenvalue weighted by molar-refractivity contribution is 7.91. The van der Waals surface area contributed by atoms with Crippen LogP contribution in [0.25, 0.3) is 10.9 Å². The maximum Gasteiger partial charge on any atom is 0.408 e. The van der Waals surface area contributed by atoms with Crippen molar-refractivity contribution in [3.05, 3.63) is 47.7 Å². The Kier molecular flexibility index (Phi) is 10.3. The zero-order valence-electron chi connectivity index (χ0n) is 32.6. The summed E-state index contributed by atoms with van der Waals surface area (Å²) in [6.07, 6.45) is 14.2. The number of carbonyl (C=O) groups is 4. The molecule has 2 aromatic rings. The summed E-state index contributed by atoms with van der Waals surface area (Å²) < 4.78 is 40.7. The Morgan fingerprint density at radius 2 is 1.73 bits per heavy atom. The summed E-state index contributed by atoms with van der Waals surface area (Å²) in [7, 11) is -3.99. The lowest BCUT2D eigenvalue weighted by Gasteiger charge is -2.48. The number of allylic oxidation sites excluding steroid dienone is 1. The Balaban J connectivity index is 1.13. The van der Waals surface area contributed by atoms with Gasteiger partial charge in [-0.05, 0) is 103 Å². The van der Waals surface area contributed by atoms with Crippen LogP contribution >= 0.6 is 0 Å². The first-order valence-corrected chi connectivity index (χ1v) is 22.2. The molecule has 4 amide bonds. The van der Waals surface area contributed by atoms with Gasteiger partial charge in [-0.25, -0.2) is 18.2 Å². The monoisotopic (exact) mass is 789 g/mol. The minimum Gasteiger partial charge on any atom is -0.483 e. The number of benzene rings is 1. The van der Waals surface area contributed by atoms with Gasteiger partial charge in [0.1, 0.15) is 35.1 Å². The SMILES string of the molecule is Cc1nc2ccccc2c2c1OC1(CC2)CC2C(=O)NC3(C(=O)NS(=O)(=O)C4(C)CC4)CCC3C=CCCCCCC(NC(=O)OC3CCCCC3)C(=O)N2C1. The number of hydrogen-bond acceptors (Lipinski definition) is 9. The number of alkyl carbamates (subject to hydrolysis) is 1. The molecule has 1 aromatic carbocycles. The van der Waals surface area contributed by atoms with Gasteiger partial charge in [-0.15, -0.1) is 0 Å². The Bertz CT molecular complexity index is 2040. The van der Waals surface area contributed by atoms with E-state index < -0.39 is 67.7 Å². The standard InChI is InChI=1S/C42H55N5O8S/c1-27-35-31(30-16-11-12-17-32(30)43-27)20-21-41(55-35)25-34-36(48)45-42(38(50)46-56(52,53)40(2)23-24-40)22-19-28(42)13-7-4-3-5-10-18-33(37(49)47(34)26-41)44-39(51)54-29-14-8-6-9-15-29/h7,11-13,16-17,28-29,33-34H,3-6,8-10,14-15,18-26H2,1-2H3,(H,44,51)(H,45,48)(H,46,50). The van der Waals surface area contributed by atoms with E-state index in [0.717, 1.165) is 61.4 Å². The quantitative estimate of drug-likeness (QED) is 0.335. The normalized spacial score (nSPS) is 30.7. The highest BCUT2D eigenvalue weighted by Crippen LogP contribution is 2.47. The molecule has 6 aliphatic rings. The molecule has 3 N–H and O–H groups in total. The van der Waals surface area contributed by atoms with Crippen molar-refractivity contribution >= 4 is 44.7 Å². The molecule has 5 atom stereocenters. The lowest BCUT2D eigenvalue weighted by molar-refractivity contribution is -0.144. The summed E-state index contributed by atoms with van der Waals surface area (Å²) in [5.41, 5.74) is 0.160. The van der Waals surface area contributed by atoms with Gasteiger partial charge in [-0.3, -0.25) is 19.1 Å². The first kappa shape index (κ1) is 38.7. The zero-order chi connectivity index (χ0) is 39.3. The van der Waals surface area contributed by atoms with Crippen LogP contribution in [0.1, 0.15) is 121 Å². The van der Waals surface area contributed by atoms with E-state index in [-0.39, 0.29) is 25.5 Å². The van der Waals surface area contributed by atoms with Crippen LogP contribution in [-0.4, -0.2) is 82.7 Å². The maximum absolute atomic E-state index is 14.9. The highest BCUT2D eigenvalue weighted by Gasteiger charge is 2.59. The molecule has 4 heterocycles. The Morgan fingerprint density at radius 1 is 0.982 bits per heavy atom. The van der Waals surface area contributed by atoms with Gasteiger partial charge < -0.3 is 25.0 Å². The second-order valence-corrected chi connectivity index (χ2v) is 19.6. The summed E-state index contributed by atoms with van der Waals surface area (Å²) >= 11 is 0. The third-order valence-electron chi connectivity index (χ3n) is 13.5. The fourth-order valence-corrected chi connectivity index (χ4v) is 10.8. The van der Waals surface area contributed by atoms with E-state index in [2.05, 4.69) is 15.4 Å². The molecule has 5 unspecified atom stereocenters. The highest BCUT2D eigenvalue weighted by atomic mass is 32.2. The van der Waals surface area contributed by atoms with Crippen LogP contribution in [-0.2, 0) is 35.6 Å². The van der Waals surface area contributed by atoms with Gasteiger partial charge in [-0.2, -0.15) is 0 Å². The summed E-state index contributed by atoms with van der Waals surface area (Å²) in [6.45, 7) is 3.60. The van der Waals surface area contributed by atoms with Crippen molar-refractivity contribution in [1.82, 2.24) is 25.2 Å². The van der Waals surface area contributed by atoms with E-state index >= 15 is 0 Å². The minimum atomic E-state index is -3.99. The molecule has 13 nitrogen and oxygen atoms in total. The van der Waals surface area contributed by atoms with Crippen LogP contribution < -0.4 is 20.1 Å². The largest absolute Gasteiger partial charge is 0.483 e. The predicted octanol–water partition coefficient (Wildman–Crippen LogP) is 5.42. The number of para-hydroxylation sites is 1. The number of hydrogen-bond donors (Lipinski definition) is 3. The number of sulfonamides is 1. The van der Waals surface area contributed by atoms with E-state index in [4.69, 9.17) is 14.5 Å². The van der Waals surface area contributed by atoms with E-state index in [1.807, 2.05) is 43.3 Å². The van der Waals surface area contributed by atoms with E-state index in [0.29, 0.717) is 62.8 Å². The maximum atomic E-state index is 14.9. The fourth-order valence-electron chi connectivity index (χ4n) is 9.53. The number of fused-ring (bicyclic) bond motifs is 5. The molecule has 3 aliphatic carbocycles. The molecule has 56 heavy (non-hydrogen) atoms. The van der Waals surface area contributed by atoms with Gasteiger partial charge in [0.25, 0.3) is 5.91 Å². The van der Waals surface area contributed by atoms with Crippen LogP contribution in [0.3, 0.4) is 0 Å². The van der Waals surface area contributed by atoms with Gasteiger partial charge in [-0.1, -0.05) is 49.6 Å². The molecule has 14 heteroatoms. The topological polar surface area (TPSA) is 173 Å². The van der Waals surface area contributed by atoms with Crippen molar-refractivity contribution in [1.29, 1.82) is 0 Å². The number of pyridine rings is 1. The summed E-state index contributed by atoms with van der Waals surface area (Å²) in [5, 5.41) is 6.92. The third-order valence-corrected chi connectivity index (χ3v) is 15.6. The smallest absolute Gasteiger partial charge is 0.408 e. The van der Waals surface area contributed by atoms with Crippen molar-refractivity contribution in [2.24, 2.45) is 5.92 Å². The van der Waals surface area contributed by atoms with Crippen LogP contribution in [0, 0.1) is 12.8 Å². The van der Waals surface area contributed by atoms with Crippen molar-refractivity contribution in [2.45, 2.75) is 157 Å². The van der Waals surface area contributed by atoms with Gasteiger partial charge in [0.2, 0.25) is 21.8 Å². The molecule has 1 aromatic heterocycles. The number of aryl methyl sites for hydroxylation is 2. The lowest BCUT2D eigenvalue weighted by atomic mass is 9.65. The molecule has 302 valence electrons. The molecule has 0 radical (unpaired) electrons. The Hall–Kier alpha value is -4.20. The second kappa shape index (κ2) is 14.9.